The summed E-state index contributed by atoms with van der Waals surface area (Å²) in [6.07, 6.45) is 7.96. The maximum absolute atomic E-state index is 6.01. The highest BCUT2D eigenvalue weighted by Gasteiger charge is 2.02. The van der Waals surface area contributed by atoms with Gasteiger partial charge in [0, 0.05) is 16.8 Å². The maximum atomic E-state index is 6.01. The Labute approximate surface area is 130 Å². The summed E-state index contributed by atoms with van der Waals surface area (Å²) in [4.78, 5) is 4.45. The van der Waals surface area contributed by atoms with E-state index in [0.717, 1.165) is 17.7 Å². The Morgan fingerprint density at radius 3 is 2.67 bits per heavy atom. The minimum absolute atomic E-state index is 0.216. The van der Waals surface area contributed by atoms with E-state index in [2.05, 4.69) is 30.0 Å². The Hall–Kier alpha value is -2.24. The zero-order chi connectivity index (χ0) is 15.1. The second kappa shape index (κ2) is 7.52. The number of hydrogen-bond acceptors (Lipinski definition) is 2. The van der Waals surface area contributed by atoms with Crippen molar-refractivity contribution in [3.8, 4) is 18.1 Å². The van der Waals surface area contributed by atoms with Gasteiger partial charge in [0.25, 0.3) is 0 Å². The molecule has 2 aromatic rings. The maximum Gasteiger partial charge on any atom is 0.148 e. The van der Waals surface area contributed by atoms with E-state index in [9.17, 15) is 0 Å². The normalized spacial score (nSPS) is 10.5. The first-order valence-electron chi connectivity index (χ1n) is 6.71. The number of terminal acetylenes is 1. The smallest absolute Gasteiger partial charge is 0.148 e. The second-order valence-electron chi connectivity index (χ2n) is 4.45. The summed E-state index contributed by atoms with van der Waals surface area (Å²) in [5.41, 5.74) is 2.97. The summed E-state index contributed by atoms with van der Waals surface area (Å²) >= 11 is 6.01. The molecule has 0 fully saturated rings. The van der Waals surface area contributed by atoms with Crippen molar-refractivity contribution in [3.63, 3.8) is 0 Å². The average molecular weight is 298 g/mol. The number of aliphatic imine (C=N–C) groups is 1. The minimum atomic E-state index is 0.216. The van der Waals surface area contributed by atoms with E-state index >= 15 is 0 Å². The fourth-order valence-corrected chi connectivity index (χ4v) is 2.01. The first kappa shape index (κ1) is 15.2. The molecule has 0 N–H and O–H groups in total. The molecule has 0 aromatic heterocycles. The van der Waals surface area contributed by atoms with Gasteiger partial charge in [0.2, 0.25) is 0 Å². The van der Waals surface area contributed by atoms with Crippen LogP contribution < -0.4 is 4.74 Å². The monoisotopic (exact) mass is 297 g/mol. The molecular weight excluding hydrogens is 282 g/mol. The Balaban J connectivity index is 2.22. The van der Waals surface area contributed by atoms with Gasteiger partial charge < -0.3 is 4.74 Å². The first-order chi connectivity index (χ1) is 10.2. The molecule has 2 rings (SSSR count). The molecule has 0 unspecified atom stereocenters. The van der Waals surface area contributed by atoms with Crippen molar-refractivity contribution in [2.75, 3.05) is 6.61 Å². The molecule has 3 heteroatoms. The largest absolute Gasteiger partial charge is 0.480 e. The van der Waals surface area contributed by atoms with E-state index in [1.165, 1.54) is 5.56 Å². The lowest BCUT2D eigenvalue weighted by atomic mass is 10.1. The van der Waals surface area contributed by atoms with Crippen LogP contribution in [0.2, 0.25) is 5.02 Å². The molecule has 0 atom stereocenters. The zero-order valence-electron chi connectivity index (χ0n) is 11.8. The van der Waals surface area contributed by atoms with Crippen LogP contribution in [0.4, 0.5) is 5.69 Å². The van der Waals surface area contributed by atoms with Gasteiger partial charge in [0.15, 0.2) is 0 Å². The summed E-state index contributed by atoms with van der Waals surface area (Å²) in [7, 11) is 0. The fraction of sp³-hybridized carbons (Fsp3) is 0.167. The van der Waals surface area contributed by atoms with Gasteiger partial charge >= 0.3 is 0 Å². The summed E-state index contributed by atoms with van der Waals surface area (Å²) in [5.74, 6) is 3.12. The van der Waals surface area contributed by atoms with E-state index in [1.54, 1.807) is 24.4 Å². The van der Waals surface area contributed by atoms with Gasteiger partial charge in [-0.05, 0) is 42.3 Å². The van der Waals surface area contributed by atoms with Crippen LogP contribution in [0.1, 0.15) is 18.1 Å². The van der Waals surface area contributed by atoms with Gasteiger partial charge in [-0.2, -0.15) is 0 Å². The molecule has 106 valence electrons. The molecule has 0 bridgehead atoms. The number of benzene rings is 2. The predicted octanol–water partition coefficient (Wildman–Crippen LogP) is 4.67. The summed E-state index contributed by atoms with van der Waals surface area (Å²) in [5, 5.41) is 0.630. The molecule has 0 radical (unpaired) electrons. The van der Waals surface area contributed by atoms with Gasteiger partial charge in [-0.1, -0.05) is 36.6 Å². The summed E-state index contributed by atoms with van der Waals surface area (Å²) < 4.78 is 5.48. The van der Waals surface area contributed by atoms with E-state index in [4.69, 9.17) is 22.8 Å². The van der Waals surface area contributed by atoms with Gasteiger partial charge in [0.05, 0.1) is 5.69 Å². The van der Waals surface area contributed by atoms with E-state index < -0.39 is 0 Å². The lowest BCUT2D eigenvalue weighted by molar-refractivity contribution is 0.370. The van der Waals surface area contributed by atoms with Crippen LogP contribution in [0.25, 0.3) is 0 Å². The average Bonchev–Trinajstić information content (AvgIpc) is 2.52. The number of rotatable bonds is 5. The van der Waals surface area contributed by atoms with Crippen LogP contribution in [-0.4, -0.2) is 12.8 Å². The SMILES string of the molecule is C#CCOc1ccc(Cl)cc1C=Nc1ccc(CC)cc1. The number of hydrogen-bond donors (Lipinski definition) is 0. The number of ether oxygens (including phenoxy) is 1. The molecule has 0 spiro atoms. The molecule has 0 aliphatic rings. The molecule has 0 heterocycles. The van der Waals surface area contributed by atoms with Crippen LogP contribution in [0.5, 0.6) is 5.75 Å². The quantitative estimate of drug-likeness (QED) is 0.581. The third-order valence-corrected chi connectivity index (χ3v) is 3.22. The Morgan fingerprint density at radius 1 is 1.24 bits per heavy atom. The third kappa shape index (κ3) is 4.37. The highest BCUT2D eigenvalue weighted by atomic mass is 35.5. The molecule has 21 heavy (non-hydrogen) atoms. The highest BCUT2D eigenvalue weighted by molar-refractivity contribution is 6.30. The molecule has 2 nitrogen and oxygen atoms in total. The standard InChI is InChI=1S/C18H16ClNO/c1-3-11-21-18-10-7-16(19)12-15(18)13-20-17-8-5-14(4-2)6-9-17/h1,5-10,12-13H,4,11H2,2H3. The number of aryl methyl sites for hydroxylation is 1. The van der Waals surface area contributed by atoms with E-state index in [-0.39, 0.29) is 6.61 Å². The van der Waals surface area contributed by atoms with E-state index in [1.807, 2.05) is 12.1 Å². The van der Waals surface area contributed by atoms with Crippen LogP contribution in [0, 0.1) is 12.3 Å². The lowest BCUT2D eigenvalue weighted by Crippen LogP contribution is -1.97. The minimum Gasteiger partial charge on any atom is -0.480 e. The molecule has 0 amide bonds. The fourth-order valence-electron chi connectivity index (χ4n) is 1.83. The van der Waals surface area contributed by atoms with Gasteiger partial charge in [-0.15, -0.1) is 6.42 Å². The number of halogens is 1. The lowest BCUT2D eigenvalue weighted by Gasteiger charge is -2.06. The van der Waals surface area contributed by atoms with Crippen molar-refractivity contribution >= 4 is 23.5 Å². The van der Waals surface area contributed by atoms with Crippen LogP contribution >= 0.6 is 11.6 Å². The van der Waals surface area contributed by atoms with Crippen molar-refractivity contribution in [1.82, 2.24) is 0 Å². The molecule has 0 saturated carbocycles. The zero-order valence-corrected chi connectivity index (χ0v) is 12.6. The second-order valence-corrected chi connectivity index (χ2v) is 4.89. The molecule has 0 aliphatic carbocycles. The van der Waals surface area contributed by atoms with Gasteiger partial charge in [-0.3, -0.25) is 4.99 Å². The third-order valence-electron chi connectivity index (χ3n) is 2.98. The van der Waals surface area contributed by atoms with E-state index in [0.29, 0.717) is 10.8 Å². The van der Waals surface area contributed by atoms with Crippen molar-refractivity contribution < 1.29 is 4.74 Å². The topological polar surface area (TPSA) is 21.6 Å². The highest BCUT2D eigenvalue weighted by Crippen LogP contribution is 2.22. The molecular formula is C18H16ClNO. The van der Waals surface area contributed by atoms with Crippen molar-refractivity contribution in [2.24, 2.45) is 4.99 Å². The summed E-state index contributed by atoms with van der Waals surface area (Å²) in [6.45, 7) is 2.34. The Bertz CT molecular complexity index is 669. The predicted molar refractivity (Wildman–Crippen MR) is 88.9 cm³/mol. The first-order valence-corrected chi connectivity index (χ1v) is 7.09. The number of nitrogens with zero attached hydrogens (tertiary/aromatic N) is 1. The molecule has 2 aromatic carbocycles. The molecule has 0 saturated heterocycles. The van der Waals surface area contributed by atoms with Crippen LogP contribution in [0.3, 0.4) is 0 Å². The van der Waals surface area contributed by atoms with Crippen molar-refractivity contribution in [3.05, 3.63) is 58.6 Å². The van der Waals surface area contributed by atoms with Crippen molar-refractivity contribution in [1.29, 1.82) is 0 Å². The van der Waals surface area contributed by atoms with Gasteiger partial charge in [-0.25, -0.2) is 0 Å². The molecule has 0 aliphatic heterocycles. The Kier molecular flexibility index (Phi) is 5.43. The van der Waals surface area contributed by atoms with Crippen LogP contribution in [0.15, 0.2) is 47.5 Å². The summed E-state index contributed by atoms with van der Waals surface area (Å²) in [6, 6.07) is 13.5. The Morgan fingerprint density at radius 2 is 2.00 bits per heavy atom. The van der Waals surface area contributed by atoms with Crippen LogP contribution in [-0.2, 0) is 6.42 Å². The van der Waals surface area contributed by atoms with Gasteiger partial charge in [0.1, 0.15) is 12.4 Å². The van der Waals surface area contributed by atoms with Crippen molar-refractivity contribution in [2.45, 2.75) is 13.3 Å².